The predicted molar refractivity (Wildman–Crippen MR) is 128 cm³/mol. The van der Waals surface area contributed by atoms with Crippen LogP contribution in [-0.4, -0.2) is 49.5 Å². The molecule has 33 heavy (non-hydrogen) atoms. The number of para-hydroxylation sites is 1. The van der Waals surface area contributed by atoms with Crippen molar-refractivity contribution in [2.45, 2.75) is 52.7 Å². The first-order valence-electron chi connectivity index (χ1n) is 10.6. The number of amides is 2. The summed E-state index contributed by atoms with van der Waals surface area (Å²) in [6, 6.07) is 11.6. The molecule has 1 atom stereocenters. The molecule has 2 amide bonds. The van der Waals surface area contributed by atoms with Crippen molar-refractivity contribution in [2.24, 2.45) is 0 Å². The normalized spacial score (nSPS) is 12.7. The minimum Gasteiger partial charge on any atom is -0.350 e. The summed E-state index contributed by atoms with van der Waals surface area (Å²) in [5.74, 6) is -1.35. The highest BCUT2D eigenvalue weighted by atomic mass is 32.2. The Kier molecular flexibility index (Phi) is 8.24. The van der Waals surface area contributed by atoms with Crippen LogP contribution in [0.5, 0.6) is 0 Å². The highest BCUT2D eigenvalue weighted by Gasteiger charge is 2.31. The first kappa shape index (κ1) is 26.3. The quantitative estimate of drug-likeness (QED) is 0.633. The zero-order valence-electron chi connectivity index (χ0n) is 19.9. The second kappa shape index (κ2) is 10.3. The van der Waals surface area contributed by atoms with Crippen LogP contribution in [0.25, 0.3) is 0 Å². The first-order chi connectivity index (χ1) is 15.2. The number of aryl methyl sites for hydroxylation is 1. The Balaban J connectivity index is 2.41. The Morgan fingerprint density at radius 3 is 2.15 bits per heavy atom. The molecule has 1 N–H and O–H groups in total. The van der Waals surface area contributed by atoms with Gasteiger partial charge in [-0.15, -0.1) is 0 Å². The van der Waals surface area contributed by atoms with E-state index in [1.165, 1.54) is 29.2 Å². The summed E-state index contributed by atoms with van der Waals surface area (Å²) >= 11 is 0. The van der Waals surface area contributed by atoms with E-state index in [0.717, 1.165) is 10.6 Å². The maximum Gasteiger partial charge on any atom is 0.244 e. The van der Waals surface area contributed by atoms with Crippen molar-refractivity contribution in [3.05, 3.63) is 65.5 Å². The standard InChI is InChI=1S/C24H32FN3O4S/c1-17-9-7-8-10-21(17)28(33(6,31)32)16-22(29)27(15-19-11-13-20(25)14-12-19)18(2)23(30)26-24(3,4)5/h7-14,18H,15-16H2,1-6H3,(H,26,30)/t18-/m1/s1. The van der Waals surface area contributed by atoms with Crippen LogP contribution in [0.4, 0.5) is 10.1 Å². The lowest BCUT2D eigenvalue weighted by Crippen LogP contribution is -2.54. The molecular weight excluding hydrogens is 445 g/mol. The maximum atomic E-state index is 13.4. The third-order valence-corrected chi connectivity index (χ3v) is 6.12. The van der Waals surface area contributed by atoms with E-state index in [1.807, 2.05) is 20.8 Å². The van der Waals surface area contributed by atoms with E-state index in [0.29, 0.717) is 16.8 Å². The van der Waals surface area contributed by atoms with Crippen LogP contribution in [-0.2, 0) is 26.2 Å². The number of nitrogens with one attached hydrogen (secondary N) is 1. The third-order valence-electron chi connectivity index (χ3n) is 5.00. The first-order valence-corrected chi connectivity index (χ1v) is 12.4. The molecular formula is C24H32FN3O4S. The van der Waals surface area contributed by atoms with Crippen LogP contribution in [0.3, 0.4) is 0 Å². The summed E-state index contributed by atoms with van der Waals surface area (Å²) in [5.41, 5.74) is 1.18. The SMILES string of the molecule is Cc1ccccc1N(CC(=O)N(Cc1ccc(F)cc1)[C@H](C)C(=O)NC(C)(C)C)S(C)(=O)=O. The van der Waals surface area contributed by atoms with Crippen LogP contribution in [0.15, 0.2) is 48.5 Å². The summed E-state index contributed by atoms with van der Waals surface area (Å²) in [6.07, 6.45) is 1.03. The van der Waals surface area contributed by atoms with Gasteiger partial charge in [-0.05, 0) is 63.9 Å². The predicted octanol–water partition coefficient (Wildman–Crippen LogP) is 3.23. The lowest BCUT2D eigenvalue weighted by molar-refractivity contribution is -0.140. The van der Waals surface area contributed by atoms with Crippen molar-refractivity contribution in [2.75, 3.05) is 17.1 Å². The molecule has 2 aromatic rings. The molecule has 2 aromatic carbocycles. The number of carbonyl (C=O) groups is 2. The molecule has 0 aliphatic carbocycles. The Labute approximate surface area is 195 Å². The molecule has 7 nitrogen and oxygen atoms in total. The topological polar surface area (TPSA) is 86.8 Å². The molecule has 0 heterocycles. The van der Waals surface area contributed by atoms with Crippen molar-refractivity contribution in [3.8, 4) is 0 Å². The molecule has 0 radical (unpaired) electrons. The highest BCUT2D eigenvalue weighted by molar-refractivity contribution is 7.92. The van der Waals surface area contributed by atoms with Crippen LogP contribution < -0.4 is 9.62 Å². The maximum absolute atomic E-state index is 13.4. The second-order valence-electron chi connectivity index (χ2n) is 9.12. The van der Waals surface area contributed by atoms with Crippen molar-refractivity contribution >= 4 is 27.5 Å². The molecule has 0 bridgehead atoms. The fourth-order valence-electron chi connectivity index (χ4n) is 3.28. The molecule has 180 valence electrons. The van der Waals surface area contributed by atoms with E-state index in [2.05, 4.69) is 5.32 Å². The van der Waals surface area contributed by atoms with Gasteiger partial charge in [-0.2, -0.15) is 0 Å². The van der Waals surface area contributed by atoms with Gasteiger partial charge in [0.15, 0.2) is 0 Å². The average Bonchev–Trinajstić information content (AvgIpc) is 2.69. The van der Waals surface area contributed by atoms with E-state index in [1.54, 1.807) is 38.1 Å². The Morgan fingerprint density at radius 1 is 1.06 bits per heavy atom. The number of carbonyl (C=O) groups excluding carboxylic acids is 2. The average molecular weight is 478 g/mol. The van der Waals surface area contributed by atoms with Gasteiger partial charge in [0.2, 0.25) is 21.8 Å². The molecule has 0 spiro atoms. The number of nitrogens with zero attached hydrogens (tertiary/aromatic N) is 2. The van der Waals surface area contributed by atoms with E-state index >= 15 is 0 Å². The summed E-state index contributed by atoms with van der Waals surface area (Å²) in [4.78, 5) is 27.6. The van der Waals surface area contributed by atoms with Gasteiger partial charge in [0.1, 0.15) is 18.4 Å². The summed E-state index contributed by atoms with van der Waals surface area (Å²) < 4.78 is 39.5. The van der Waals surface area contributed by atoms with E-state index in [-0.39, 0.29) is 12.5 Å². The number of hydrogen-bond donors (Lipinski definition) is 1. The smallest absolute Gasteiger partial charge is 0.244 e. The van der Waals surface area contributed by atoms with Crippen molar-refractivity contribution in [1.82, 2.24) is 10.2 Å². The van der Waals surface area contributed by atoms with E-state index in [4.69, 9.17) is 0 Å². The summed E-state index contributed by atoms with van der Waals surface area (Å²) in [7, 11) is -3.79. The largest absolute Gasteiger partial charge is 0.350 e. The van der Waals surface area contributed by atoms with Crippen molar-refractivity contribution in [3.63, 3.8) is 0 Å². The van der Waals surface area contributed by atoms with Crippen LogP contribution in [0.1, 0.15) is 38.8 Å². The number of rotatable bonds is 8. The minimum atomic E-state index is -3.79. The second-order valence-corrected chi connectivity index (χ2v) is 11.0. The molecule has 2 rings (SSSR count). The lowest BCUT2D eigenvalue weighted by atomic mass is 10.1. The van der Waals surface area contributed by atoms with Crippen molar-refractivity contribution < 1.29 is 22.4 Å². The van der Waals surface area contributed by atoms with E-state index in [9.17, 15) is 22.4 Å². The Hall–Kier alpha value is -2.94. The molecule has 0 saturated carbocycles. The van der Waals surface area contributed by atoms with Gasteiger partial charge < -0.3 is 10.2 Å². The molecule has 0 unspecified atom stereocenters. The molecule has 0 fully saturated rings. The van der Waals surface area contributed by atoms with Crippen LogP contribution >= 0.6 is 0 Å². The van der Waals surface area contributed by atoms with Gasteiger partial charge in [-0.3, -0.25) is 13.9 Å². The monoisotopic (exact) mass is 477 g/mol. The van der Waals surface area contributed by atoms with Gasteiger partial charge in [0, 0.05) is 12.1 Å². The Bertz CT molecular complexity index is 1100. The highest BCUT2D eigenvalue weighted by Crippen LogP contribution is 2.23. The Morgan fingerprint density at radius 2 is 1.64 bits per heavy atom. The summed E-state index contributed by atoms with van der Waals surface area (Å²) in [5, 5.41) is 2.85. The summed E-state index contributed by atoms with van der Waals surface area (Å²) in [6.45, 7) is 8.37. The number of anilines is 1. The van der Waals surface area contributed by atoms with Gasteiger partial charge >= 0.3 is 0 Å². The minimum absolute atomic E-state index is 0.0171. The van der Waals surface area contributed by atoms with Gasteiger partial charge in [0.25, 0.3) is 0 Å². The molecule has 9 heteroatoms. The molecule has 0 aliphatic rings. The zero-order valence-corrected chi connectivity index (χ0v) is 20.7. The van der Waals surface area contributed by atoms with Crippen LogP contribution in [0, 0.1) is 12.7 Å². The van der Waals surface area contributed by atoms with Gasteiger partial charge in [-0.1, -0.05) is 30.3 Å². The lowest BCUT2D eigenvalue weighted by Gasteiger charge is -2.33. The molecule has 0 aliphatic heterocycles. The van der Waals surface area contributed by atoms with E-state index < -0.39 is 39.9 Å². The van der Waals surface area contributed by atoms with Gasteiger partial charge in [-0.25, -0.2) is 12.8 Å². The number of hydrogen-bond acceptors (Lipinski definition) is 4. The number of benzene rings is 2. The fraction of sp³-hybridized carbons (Fsp3) is 0.417. The fourth-order valence-corrected chi connectivity index (χ4v) is 4.19. The molecule has 0 aromatic heterocycles. The number of halogens is 1. The molecule has 0 saturated heterocycles. The zero-order chi connectivity index (χ0) is 25.0. The van der Waals surface area contributed by atoms with Crippen LogP contribution in [0.2, 0.25) is 0 Å². The van der Waals surface area contributed by atoms with Gasteiger partial charge in [0.05, 0.1) is 11.9 Å². The van der Waals surface area contributed by atoms with Crippen molar-refractivity contribution in [1.29, 1.82) is 0 Å². The third kappa shape index (κ3) is 7.56. The number of sulfonamides is 1.